The quantitative estimate of drug-likeness (QED) is 0.433. The molecule has 0 atom stereocenters. The molecule has 0 fully saturated rings. The number of fused-ring (bicyclic) bond motifs is 1. The van der Waals surface area contributed by atoms with Gasteiger partial charge in [0.25, 0.3) is 0 Å². The van der Waals surface area contributed by atoms with Crippen LogP contribution in [0, 0.1) is 0 Å². The van der Waals surface area contributed by atoms with E-state index in [1.165, 1.54) is 0 Å². The van der Waals surface area contributed by atoms with Crippen molar-refractivity contribution in [1.29, 1.82) is 0 Å². The zero-order valence-electron chi connectivity index (χ0n) is 15.4. The highest BCUT2D eigenvalue weighted by molar-refractivity contribution is 6.30. The summed E-state index contributed by atoms with van der Waals surface area (Å²) in [6.45, 7) is 0. The molecule has 0 saturated carbocycles. The maximum atomic E-state index is 6.04. The van der Waals surface area contributed by atoms with E-state index in [9.17, 15) is 0 Å². The van der Waals surface area contributed by atoms with Gasteiger partial charge < -0.3 is 4.98 Å². The van der Waals surface area contributed by atoms with Gasteiger partial charge in [-0.1, -0.05) is 66.2 Å². The number of nitrogens with one attached hydrogen (secondary N) is 2. The Labute approximate surface area is 179 Å². The second kappa shape index (κ2) is 8.11. The molecule has 2 N–H and O–H groups in total. The number of aromatic nitrogens is 2. The molecule has 0 spiro atoms. The van der Waals surface area contributed by atoms with Gasteiger partial charge in [-0.3, -0.25) is 5.43 Å². The van der Waals surface area contributed by atoms with Gasteiger partial charge >= 0.3 is 0 Å². The van der Waals surface area contributed by atoms with Crippen molar-refractivity contribution in [2.24, 2.45) is 5.10 Å². The molecule has 4 aromatic rings. The van der Waals surface area contributed by atoms with Crippen molar-refractivity contribution in [2.75, 3.05) is 0 Å². The highest BCUT2D eigenvalue weighted by Crippen LogP contribution is 2.31. The largest absolute Gasteiger partial charge is 0.338 e. The van der Waals surface area contributed by atoms with E-state index in [0.717, 1.165) is 45.0 Å². The fraction of sp³-hybridized carbons (Fsp3) is 0.0435. The van der Waals surface area contributed by atoms with Gasteiger partial charge in [0, 0.05) is 17.0 Å². The molecule has 1 aliphatic heterocycles. The fourth-order valence-electron chi connectivity index (χ4n) is 3.44. The minimum atomic E-state index is 0. The standard InChI is InChI=1S/C23H17ClN4.ClH/c24-17-12-10-15(11-13-17)21-14-18(22(28-27-21)16-6-2-1-3-7-16)23-25-19-8-4-5-9-20(19)26-23;/h1-13,28H,14H2,(H,25,26);1H. The van der Waals surface area contributed by atoms with Crippen LogP contribution < -0.4 is 5.43 Å². The normalized spacial score (nSPS) is 13.6. The van der Waals surface area contributed by atoms with Gasteiger partial charge in [0.2, 0.25) is 0 Å². The number of imidazole rings is 1. The molecule has 0 amide bonds. The van der Waals surface area contributed by atoms with Crippen LogP contribution in [-0.4, -0.2) is 15.7 Å². The lowest BCUT2D eigenvalue weighted by atomic mass is 9.96. The molecular weight excluding hydrogens is 403 g/mol. The molecule has 0 radical (unpaired) electrons. The van der Waals surface area contributed by atoms with E-state index >= 15 is 0 Å². The van der Waals surface area contributed by atoms with Crippen LogP contribution in [0.1, 0.15) is 23.4 Å². The Morgan fingerprint density at radius 1 is 0.793 bits per heavy atom. The van der Waals surface area contributed by atoms with E-state index in [4.69, 9.17) is 16.6 Å². The first-order valence-corrected chi connectivity index (χ1v) is 9.48. The highest BCUT2D eigenvalue weighted by atomic mass is 35.5. The van der Waals surface area contributed by atoms with Crippen LogP contribution in [0.2, 0.25) is 5.02 Å². The molecule has 144 valence electrons. The smallest absolute Gasteiger partial charge is 0.136 e. The molecule has 0 bridgehead atoms. The van der Waals surface area contributed by atoms with Gasteiger partial charge in [0.05, 0.1) is 22.4 Å². The molecule has 6 heteroatoms. The molecule has 1 aliphatic rings. The van der Waals surface area contributed by atoms with Gasteiger partial charge in [-0.05, 0) is 35.4 Å². The predicted octanol–water partition coefficient (Wildman–Crippen LogP) is 5.90. The first-order chi connectivity index (χ1) is 13.8. The molecule has 5 rings (SSSR count). The molecule has 4 nitrogen and oxygen atoms in total. The second-order valence-corrected chi connectivity index (χ2v) is 7.11. The van der Waals surface area contributed by atoms with Crippen molar-refractivity contribution in [3.63, 3.8) is 0 Å². The number of allylic oxidation sites excluding steroid dienone is 1. The number of hydrogen-bond acceptors (Lipinski definition) is 3. The molecule has 3 aromatic carbocycles. The summed E-state index contributed by atoms with van der Waals surface area (Å²) >= 11 is 6.04. The van der Waals surface area contributed by atoms with Gasteiger partial charge in [-0.2, -0.15) is 5.10 Å². The Hall–Kier alpha value is -3.08. The predicted molar refractivity (Wildman–Crippen MR) is 122 cm³/mol. The first kappa shape index (κ1) is 19.2. The monoisotopic (exact) mass is 420 g/mol. The van der Waals surface area contributed by atoms with Crippen LogP contribution >= 0.6 is 24.0 Å². The van der Waals surface area contributed by atoms with Crippen LogP contribution in [0.25, 0.3) is 22.3 Å². The van der Waals surface area contributed by atoms with E-state index < -0.39 is 0 Å². The van der Waals surface area contributed by atoms with Gasteiger partial charge in [-0.15, -0.1) is 12.4 Å². The van der Waals surface area contributed by atoms with Gasteiger partial charge in [-0.25, -0.2) is 4.98 Å². The summed E-state index contributed by atoms with van der Waals surface area (Å²) in [4.78, 5) is 8.29. The molecular formula is C23H18Cl2N4. The van der Waals surface area contributed by atoms with Crippen molar-refractivity contribution in [3.8, 4) is 0 Å². The van der Waals surface area contributed by atoms with Crippen molar-refractivity contribution < 1.29 is 0 Å². The maximum absolute atomic E-state index is 6.04. The Bertz CT molecular complexity index is 1180. The lowest BCUT2D eigenvalue weighted by Gasteiger charge is -2.21. The van der Waals surface area contributed by atoms with Crippen molar-refractivity contribution >= 4 is 52.0 Å². The van der Waals surface area contributed by atoms with Gasteiger partial charge in [0.15, 0.2) is 0 Å². The fourth-order valence-corrected chi connectivity index (χ4v) is 3.56. The van der Waals surface area contributed by atoms with Crippen molar-refractivity contribution in [3.05, 3.63) is 101 Å². The van der Waals surface area contributed by atoms with E-state index in [1.807, 2.05) is 66.7 Å². The third-order valence-corrected chi connectivity index (χ3v) is 5.12. The average molecular weight is 421 g/mol. The van der Waals surface area contributed by atoms with Crippen LogP contribution in [0.15, 0.2) is 84.0 Å². The molecule has 0 saturated heterocycles. The molecule has 0 aliphatic carbocycles. The lowest BCUT2D eigenvalue weighted by Crippen LogP contribution is -2.19. The number of hydrogen-bond donors (Lipinski definition) is 2. The highest BCUT2D eigenvalue weighted by Gasteiger charge is 2.22. The number of aromatic amines is 1. The number of nitrogens with zero attached hydrogens (tertiary/aromatic N) is 2. The second-order valence-electron chi connectivity index (χ2n) is 6.68. The van der Waals surface area contributed by atoms with E-state index in [2.05, 4.69) is 27.6 Å². The van der Waals surface area contributed by atoms with E-state index in [0.29, 0.717) is 11.4 Å². The number of benzene rings is 3. The van der Waals surface area contributed by atoms with E-state index in [1.54, 1.807) is 0 Å². The first-order valence-electron chi connectivity index (χ1n) is 9.10. The third-order valence-electron chi connectivity index (χ3n) is 4.86. The Morgan fingerprint density at radius 3 is 2.28 bits per heavy atom. The number of para-hydroxylation sites is 2. The summed E-state index contributed by atoms with van der Waals surface area (Å²) in [5.74, 6) is 0.855. The van der Waals surface area contributed by atoms with Crippen molar-refractivity contribution in [2.45, 2.75) is 6.42 Å². The zero-order valence-corrected chi connectivity index (χ0v) is 17.0. The number of rotatable bonds is 3. The molecule has 0 unspecified atom stereocenters. The topological polar surface area (TPSA) is 53.1 Å². The average Bonchev–Trinajstić information content (AvgIpc) is 3.19. The summed E-state index contributed by atoms with van der Waals surface area (Å²) < 4.78 is 0. The Balaban J connectivity index is 0.00000205. The van der Waals surface area contributed by atoms with Crippen LogP contribution in [0.4, 0.5) is 0 Å². The Morgan fingerprint density at radius 2 is 1.52 bits per heavy atom. The molecule has 1 aromatic heterocycles. The summed E-state index contributed by atoms with van der Waals surface area (Å²) in [5.41, 5.74) is 10.4. The summed E-state index contributed by atoms with van der Waals surface area (Å²) in [5, 5.41) is 5.35. The lowest BCUT2D eigenvalue weighted by molar-refractivity contribution is 0.959. The Kier molecular flexibility index (Phi) is 5.38. The zero-order chi connectivity index (χ0) is 18.9. The summed E-state index contributed by atoms with van der Waals surface area (Å²) in [6.07, 6.45) is 0.665. The summed E-state index contributed by atoms with van der Waals surface area (Å²) in [6, 6.07) is 26.0. The number of halogens is 2. The molecule has 29 heavy (non-hydrogen) atoms. The van der Waals surface area contributed by atoms with Crippen molar-refractivity contribution in [1.82, 2.24) is 15.4 Å². The van der Waals surface area contributed by atoms with E-state index in [-0.39, 0.29) is 12.4 Å². The SMILES string of the molecule is Cl.Clc1ccc(C2=NNC(c3ccccc3)=C(c3nc4ccccc4[nH]3)C2)cc1. The van der Waals surface area contributed by atoms with Crippen LogP contribution in [0.3, 0.4) is 0 Å². The molecule has 2 heterocycles. The maximum Gasteiger partial charge on any atom is 0.136 e. The third kappa shape index (κ3) is 3.77. The van der Waals surface area contributed by atoms with Crippen LogP contribution in [-0.2, 0) is 0 Å². The minimum Gasteiger partial charge on any atom is -0.338 e. The van der Waals surface area contributed by atoms with Crippen LogP contribution in [0.5, 0.6) is 0 Å². The number of H-pyrrole nitrogens is 1. The summed E-state index contributed by atoms with van der Waals surface area (Å²) in [7, 11) is 0. The number of hydrazone groups is 1. The van der Waals surface area contributed by atoms with Gasteiger partial charge in [0.1, 0.15) is 5.82 Å². The minimum absolute atomic E-state index is 0.